The van der Waals surface area contributed by atoms with Crippen molar-refractivity contribution in [2.45, 2.75) is 37.1 Å². The van der Waals surface area contributed by atoms with Gasteiger partial charge in [0.05, 0.1) is 22.4 Å². The SMILES string of the molecule is C[C@@H]1CN2C(=N[C@H](c3ccccn3)[C@H]2c2ccc(N3CCCC3)c(Cl)c2)S1. The molecule has 2 saturated heterocycles. The molecule has 0 amide bonds. The van der Waals surface area contributed by atoms with Gasteiger partial charge in [-0.15, -0.1) is 0 Å². The molecule has 1 aromatic carbocycles. The normalized spacial score (nSPS) is 27.2. The Morgan fingerprint density at radius 1 is 1.15 bits per heavy atom. The number of rotatable bonds is 3. The van der Waals surface area contributed by atoms with Gasteiger partial charge in [0.1, 0.15) is 6.04 Å². The molecular weight excluding hydrogens is 376 g/mol. The number of hydrogen-bond acceptors (Lipinski definition) is 5. The summed E-state index contributed by atoms with van der Waals surface area (Å²) < 4.78 is 0. The zero-order valence-corrected chi connectivity index (χ0v) is 17.0. The topological polar surface area (TPSA) is 31.7 Å². The Labute approximate surface area is 169 Å². The predicted molar refractivity (Wildman–Crippen MR) is 114 cm³/mol. The zero-order chi connectivity index (χ0) is 18.4. The summed E-state index contributed by atoms with van der Waals surface area (Å²) in [5.74, 6) is 0. The molecule has 5 rings (SSSR count). The minimum Gasteiger partial charge on any atom is -0.370 e. The van der Waals surface area contributed by atoms with Crippen molar-refractivity contribution in [3.8, 4) is 0 Å². The van der Waals surface area contributed by atoms with Gasteiger partial charge in [0.2, 0.25) is 0 Å². The molecule has 0 saturated carbocycles. The van der Waals surface area contributed by atoms with Crippen LogP contribution in [0.15, 0.2) is 47.6 Å². The van der Waals surface area contributed by atoms with Gasteiger partial charge < -0.3 is 9.80 Å². The average molecular weight is 399 g/mol. The molecule has 3 aliphatic rings. The molecule has 0 radical (unpaired) electrons. The number of amidine groups is 1. The summed E-state index contributed by atoms with van der Waals surface area (Å²) in [4.78, 5) is 14.5. The van der Waals surface area contributed by atoms with E-state index in [1.54, 1.807) is 0 Å². The Morgan fingerprint density at radius 2 is 2.00 bits per heavy atom. The van der Waals surface area contributed by atoms with Crippen LogP contribution in [-0.2, 0) is 0 Å². The Morgan fingerprint density at radius 3 is 2.74 bits per heavy atom. The molecule has 0 aliphatic carbocycles. The smallest absolute Gasteiger partial charge is 0.160 e. The zero-order valence-electron chi connectivity index (χ0n) is 15.4. The predicted octanol–water partition coefficient (Wildman–Crippen LogP) is 4.92. The van der Waals surface area contributed by atoms with E-state index in [0.29, 0.717) is 5.25 Å². The lowest BCUT2D eigenvalue weighted by Crippen LogP contribution is -2.28. The van der Waals surface area contributed by atoms with Crippen molar-refractivity contribution in [1.29, 1.82) is 0 Å². The summed E-state index contributed by atoms with van der Waals surface area (Å²) in [5, 5.41) is 2.56. The van der Waals surface area contributed by atoms with Crippen LogP contribution in [0.4, 0.5) is 5.69 Å². The van der Waals surface area contributed by atoms with E-state index in [1.807, 2.05) is 30.1 Å². The van der Waals surface area contributed by atoms with Gasteiger partial charge in [-0.2, -0.15) is 0 Å². The Bertz CT molecular complexity index is 866. The molecule has 1 aromatic heterocycles. The van der Waals surface area contributed by atoms with Crippen LogP contribution in [0, 0.1) is 0 Å². The van der Waals surface area contributed by atoms with Gasteiger partial charge in [-0.1, -0.05) is 42.4 Å². The monoisotopic (exact) mass is 398 g/mol. The van der Waals surface area contributed by atoms with Crippen molar-refractivity contribution in [3.05, 3.63) is 58.9 Å². The summed E-state index contributed by atoms with van der Waals surface area (Å²) in [5.41, 5.74) is 3.42. The lowest BCUT2D eigenvalue weighted by atomic mass is 9.96. The first kappa shape index (κ1) is 17.4. The third kappa shape index (κ3) is 3.11. The van der Waals surface area contributed by atoms with Crippen LogP contribution < -0.4 is 4.90 Å². The number of aromatic nitrogens is 1. The molecule has 0 unspecified atom stereocenters. The standard InChI is InChI=1S/C21H23ClN4S/c1-14-13-26-20(19(24-21(26)27-14)17-6-2-3-9-23-17)15-7-8-18(16(22)12-15)25-10-4-5-11-25/h2-3,6-9,12,14,19-20H,4-5,10-11,13H2,1H3/t14-,19-,20-/m1/s1. The third-order valence-electron chi connectivity index (χ3n) is 5.64. The largest absolute Gasteiger partial charge is 0.370 e. The highest BCUT2D eigenvalue weighted by atomic mass is 35.5. The number of fused-ring (bicyclic) bond motifs is 1. The van der Waals surface area contributed by atoms with Crippen molar-refractivity contribution in [2.24, 2.45) is 4.99 Å². The fourth-order valence-corrected chi connectivity index (χ4v) is 5.80. The van der Waals surface area contributed by atoms with Gasteiger partial charge in [-0.05, 0) is 42.7 Å². The van der Waals surface area contributed by atoms with E-state index in [1.165, 1.54) is 18.4 Å². The minimum absolute atomic E-state index is 0.0231. The molecule has 4 heterocycles. The van der Waals surface area contributed by atoms with E-state index in [4.69, 9.17) is 16.6 Å². The van der Waals surface area contributed by atoms with Gasteiger partial charge in [0.25, 0.3) is 0 Å². The van der Waals surface area contributed by atoms with E-state index in [9.17, 15) is 0 Å². The van der Waals surface area contributed by atoms with E-state index in [2.05, 4.69) is 46.0 Å². The van der Waals surface area contributed by atoms with Gasteiger partial charge in [-0.25, -0.2) is 0 Å². The second-order valence-corrected chi connectivity index (χ2v) is 9.35. The lowest BCUT2D eigenvalue weighted by molar-refractivity contribution is 0.321. The van der Waals surface area contributed by atoms with E-state index in [-0.39, 0.29) is 12.1 Å². The number of nitrogens with zero attached hydrogens (tertiary/aromatic N) is 4. The van der Waals surface area contributed by atoms with Gasteiger partial charge >= 0.3 is 0 Å². The molecule has 140 valence electrons. The first-order valence-corrected chi connectivity index (χ1v) is 10.9. The van der Waals surface area contributed by atoms with Crippen molar-refractivity contribution >= 4 is 34.2 Å². The summed E-state index contributed by atoms with van der Waals surface area (Å²) in [6, 6.07) is 12.9. The van der Waals surface area contributed by atoms with Crippen LogP contribution in [-0.4, -0.2) is 39.9 Å². The molecule has 6 heteroatoms. The van der Waals surface area contributed by atoms with E-state index >= 15 is 0 Å². The summed E-state index contributed by atoms with van der Waals surface area (Å²) >= 11 is 8.60. The van der Waals surface area contributed by atoms with Crippen LogP contribution in [0.25, 0.3) is 0 Å². The molecule has 27 heavy (non-hydrogen) atoms. The summed E-state index contributed by atoms with van der Waals surface area (Å²) in [6.45, 7) is 5.49. The molecular formula is C21H23ClN4S. The van der Waals surface area contributed by atoms with E-state index in [0.717, 1.165) is 41.2 Å². The highest BCUT2D eigenvalue weighted by molar-refractivity contribution is 8.14. The minimum atomic E-state index is 0.0231. The molecule has 2 aromatic rings. The average Bonchev–Trinajstić information content (AvgIpc) is 3.38. The van der Waals surface area contributed by atoms with Crippen molar-refractivity contribution in [2.75, 3.05) is 24.5 Å². The van der Waals surface area contributed by atoms with Crippen LogP contribution in [0.2, 0.25) is 5.02 Å². The number of aliphatic imine (C=N–C) groups is 1. The summed E-state index contributed by atoms with van der Waals surface area (Å²) in [6.07, 6.45) is 4.36. The second-order valence-electron chi connectivity index (χ2n) is 7.54. The van der Waals surface area contributed by atoms with Gasteiger partial charge in [-0.3, -0.25) is 9.98 Å². The van der Waals surface area contributed by atoms with Crippen molar-refractivity contribution in [3.63, 3.8) is 0 Å². The van der Waals surface area contributed by atoms with Crippen LogP contribution >= 0.6 is 23.4 Å². The quantitative estimate of drug-likeness (QED) is 0.734. The molecule has 0 N–H and O–H groups in total. The van der Waals surface area contributed by atoms with Crippen LogP contribution in [0.5, 0.6) is 0 Å². The fourth-order valence-electron chi connectivity index (χ4n) is 4.40. The van der Waals surface area contributed by atoms with Gasteiger partial charge in [0.15, 0.2) is 5.17 Å². The molecule has 0 bridgehead atoms. The number of pyridine rings is 1. The number of anilines is 1. The third-order valence-corrected chi connectivity index (χ3v) is 7.05. The molecule has 4 nitrogen and oxygen atoms in total. The molecule has 3 atom stereocenters. The number of halogens is 1. The fraction of sp³-hybridized carbons (Fsp3) is 0.429. The maximum absolute atomic E-state index is 6.73. The highest BCUT2D eigenvalue weighted by Gasteiger charge is 2.43. The number of benzene rings is 1. The van der Waals surface area contributed by atoms with Crippen molar-refractivity contribution in [1.82, 2.24) is 9.88 Å². The lowest BCUT2D eigenvalue weighted by Gasteiger charge is -2.28. The first-order chi connectivity index (χ1) is 13.2. The first-order valence-electron chi connectivity index (χ1n) is 9.67. The molecule has 2 fully saturated rings. The Balaban J connectivity index is 1.52. The Kier molecular flexibility index (Phi) is 4.52. The van der Waals surface area contributed by atoms with Crippen molar-refractivity contribution < 1.29 is 0 Å². The van der Waals surface area contributed by atoms with E-state index < -0.39 is 0 Å². The number of thioether (sulfide) groups is 1. The maximum Gasteiger partial charge on any atom is 0.160 e. The molecule has 3 aliphatic heterocycles. The number of hydrogen-bond donors (Lipinski definition) is 0. The summed E-state index contributed by atoms with van der Waals surface area (Å²) in [7, 11) is 0. The van der Waals surface area contributed by atoms with Crippen LogP contribution in [0.1, 0.15) is 43.1 Å². The second kappa shape index (κ2) is 7.02. The highest BCUT2D eigenvalue weighted by Crippen LogP contribution is 2.48. The Hall–Kier alpha value is -1.72. The van der Waals surface area contributed by atoms with Crippen LogP contribution in [0.3, 0.4) is 0 Å². The molecule has 0 spiro atoms. The maximum atomic E-state index is 6.73. The van der Waals surface area contributed by atoms with Gasteiger partial charge in [0, 0.05) is 31.1 Å².